The zero-order valence-electron chi connectivity index (χ0n) is 9.40. The molecule has 17 heavy (non-hydrogen) atoms. The summed E-state index contributed by atoms with van der Waals surface area (Å²) in [6, 6.07) is 10.2. The van der Waals surface area contributed by atoms with E-state index in [1.54, 1.807) is 11.3 Å². The minimum absolute atomic E-state index is 0.530. The summed E-state index contributed by atoms with van der Waals surface area (Å²) in [6.07, 6.45) is 1.27. The van der Waals surface area contributed by atoms with Gasteiger partial charge in [0.2, 0.25) is 0 Å². The van der Waals surface area contributed by atoms with Crippen LogP contribution in [0.15, 0.2) is 28.7 Å². The Morgan fingerprint density at radius 3 is 2.88 bits per heavy atom. The molecule has 1 heterocycles. The number of halogens is 1. The molecular formula is C13H11BrN2S. The van der Waals surface area contributed by atoms with Crippen LogP contribution >= 0.6 is 27.3 Å². The van der Waals surface area contributed by atoms with Crippen LogP contribution < -0.4 is 0 Å². The largest absolute Gasteiger partial charge is 0.241 e. The van der Waals surface area contributed by atoms with Gasteiger partial charge in [0.1, 0.15) is 0 Å². The number of nitriles is 1. The Labute approximate surface area is 113 Å². The van der Waals surface area contributed by atoms with Crippen LogP contribution in [0.4, 0.5) is 0 Å². The van der Waals surface area contributed by atoms with Crippen molar-refractivity contribution in [2.45, 2.75) is 19.8 Å². The first-order chi connectivity index (χ1) is 8.22. The summed E-state index contributed by atoms with van der Waals surface area (Å²) in [6.45, 7) is 2.07. The molecule has 0 spiro atoms. The van der Waals surface area contributed by atoms with E-state index >= 15 is 0 Å². The van der Waals surface area contributed by atoms with Crippen molar-refractivity contribution in [3.05, 3.63) is 38.6 Å². The summed E-state index contributed by atoms with van der Waals surface area (Å²) >= 11 is 5.22. The van der Waals surface area contributed by atoms with Crippen LogP contribution in [0.2, 0.25) is 0 Å². The smallest absolute Gasteiger partial charge is 0.0945 e. The summed E-state index contributed by atoms with van der Waals surface area (Å²) in [5, 5.41) is 9.62. The first kappa shape index (κ1) is 12.3. The van der Waals surface area contributed by atoms with Crippen LogP contribution in [0, 0.1) is 18.3 Å². The van der Waals surface area contributed by atoms with Crippen molar-refractivity contribution in [3.8, 4) is 17.3 Å². The molecule has 0 fully saturated rings. The molecule has 2 nitrogen and oxygen atoms in total. The number of hydrogen-bond acceptors (Lipinski definition) is 3. The maximum atomic E-state index is 8.58. The summed E-state index contributed by atoms with van der Waals surface area (Å²) in [5.41, 5.74) is 2.14. The fourth-order valence-corrected chi connectivity index (χ4v) is 3.04. The number of nitrogens with zero attached hydrogens (tertiary/aromatic N) is 2. The van der Waals surface area contributed by atoms with Gasteiger partial charge in [-0.2, -0.15) is 5.26 Å². The highest BCUT2D eigenvalue weighted by molar-refractivity contribution is 9.10. The van der Waals surface area contributed by atoms with E-state index in [0.29, 0.717) is 6.42 Å². The predicted octanol–water partition coefficient (Wildman–Crippen LogP) is 4.34. The molecule has 0 atom stereocenters. The third kappa shape index (κ3) is 2.74. The second kappa shape index (κ2) is 5.44. The average molecular weight is 307 g/mol. The quantitative estimate of drug-likeness (QED) is 0.846. The van der Waals surface area contributed by atoms with Crippen LogP contribution in [0.5, 0.6) is 0 Å². The molecule has 0 saturated carbocycles. The van der Waals surface area contributed by atoms with Crippen LogP contribution in [0.3, 0.4) is 0 Å². The molecule has 0 N–H and O–H groups in total. The molecule has 0 radical (unpaired) electrons. The monoisotopic (exact) mass is 306 g/mol. The van der Waals surface area contributed by atoms with E-state index in [1.165, 1.54) is 4.88 Å². The molecule has 1 aromatic carbocycles. The number of aromatic nitrogens is 1. The maximum Gasteiger partial charge on any atom is 0.0945 e. The Balaban J connectivity index is 2.37. The third-order valence-corrected chi connectivity index (χ3v) is 4.14. The molecule has 0 aliphatic heterocycles. The molecule has 4 heteroatoms. The highest BCUT2D eigenvalue weighted by Crippen LogP contribution is 2.32. The SMILES string of the molecule is Cc1sc(CCC#N)nc1-c1ccccc1Br. The molecule has 0 aliphatic rings. The molecule has 0 amide bonds. The summed E-state index contributed by atoms with van der Waals surface area (Å²) in [5.74, 6) is 0. The van der Waals surface area contributed by atoms with Crippen LogP contribution in [-0.4, -0.2) is 4.98 Å². The van der Waals surface area contributed by atoms with E-state index in [-0.39, 0.29) is 0 Å². The highest BCUT2D eigenvalue weighted by Gasteiger charge is 2.11. The number of aryl methyl sites for hydroxylation is 2. The lowest BCUT2D eigenvalue weighted by atomic mass is 10.1. The molecule has 86 valence electrons. The van der Waals surface area contributed by atoms with Gasteiger partial charge in [0.25, 0.3) is 0 Å². The summed E-state index contributed by atoms with van der Waals surface area (Å²) in [4.78, 5) is 5.81. The second-order valence-electron chi connectivity index (χ2n) is 3.65. The van der Waals surface area contributed by atoms with Crippen LogP contribution in [-0.2, 0) is 6.42 Å². The third-order valence-electron chi connectivity index (χ3n) is 2.42. The standard InChI is InChI=1S/C13H11BrN2S/c1-9-13(10-5-2-3-6-11(10)14)16-12(17-9)7-4-8-15/h2-3,5-6H,4,7H2,1H3. The topological polar surface area (TPSA) is 36.7 Å². The molecule has 0 bridgehead atoms. The number of thiazole rings is 1. The van der Waals surface area contributed by atoms with Crippen molar-refractivity contribution in [2.75, 3.05) is 0 Å². The van der Waals surface area contributed by atoms with Gasteiger partial charge in [-0.1, -0.05) is 34.1 Å². The minimum Gasteiger partial charge on any atom is -0.241 e. The molecule has 0 saturated heterocycles. The van der Waals surface area contributed by atoms with Crippen molar-refractivity contribution >= 4 is 27.3 Å². The Bertz CT molecular complexity index is 569. The highest BCUT2D eigenvalue weighted by atomic mass is 79.9. The first-order valence-electron chi connectivity index (χ1n) is 5.30. The van der Waals surface area contributed by atoms with E-state index < -0.39 is 0 Å². The fraction of sp³-hybridized carbons (Fsp3) is 0.231. The number of benzene rings is 1. The van der Waals surface area contributed by atoms with E-state index in [0.717, 1.165) is 27.2 Å². The van der Waals surface area contributed by atoms with Crippen LogP contribution in [0.25, 0.3) is 11.3 Å². The summed E-state index contributed by atoms with van der Waals surface area (Å²) in [7, 11) is 0. The second-order valence-corrected chi connectivity index (χ2v) is 5.79. The number of rotatable bonds is 3. The zero-order chi connectivity index (χ0) is 12.3. The van der Waals surface area contributed by atoms with E-state index in [1.807, 2.05) is 18.2 Å². The Morgan fingerprint density at radius 1 is 1.41 bits per heavy atom. The first-order valence-corrected chi connectivity index (χ1v) is 6.91. The Hall–Kier alpha value is -1.18. The van der Waals surface area contributed by atoms with E-state index in [9.17, 15) is 0 Å². The van der Waals surface area contributed by atoms with E-state index in [2.05, 4.69) is 40.0 Å². The molecule has 2 rings (SSSR count). The van der Waals surface area contributed by atoms with E-state index in [4.69, 9.17) is 5.26 Å². The lowest BCUT2D eigenvalue weighted by molar-refractivity contribution is 0.990. The van der Waals surface area contributed by atoms with Gasteiger partial charge in [0.15, 0.2) is 0 Å². The average Bonchev–Trinajstić information content (AvgIpc) is 2.68. The molecular weight excluding hydrogens is 296 g/mol. The van der Waals surface area contributed by atoms with Gasteiger partial charge in [0.05, 0.1) is 16.8 Å². The maximum absolute atomic E-state index is 8.58. The minimum atomic E-state index is 0.530. The van der Waals surface area contributed by atoms with Gasteiger partial charge in [-0.15, -0.1) is 11.3 Å². The van der Waals surface area contributed by atoms with Crippen molar-refractivity contribution < 1.29 is 0 Å². The van der Waals surface area contributed by atoms with Gasteiger partial charge >= 0.3 is 0 Å². The predicted molar refractivity (Wildman–Crippen MR) is 73.9 cm³/mol. The fourth-order valence-electron chi connectivity index (χ4n) is 1.62. The normalized spacial score (nSPS) is 10.2. The van der Waals surface area contributed by atoms with Crippen molar-refractivity contribution in [3.63, 3.8) is 0 Å². The molecule has 1 aromatic heterocycles. The lowest BCUT2D eigenvalue weighted by Crippen LogP contribution is -1.85. The van der Waals surface area contributed by atoms with Crippen molar-refractivity contribution in [1.29, 1.82) is 5.26 Å². The molecule has 0 aliphatic carbocycles. The molecule has 2 aromatic rings. The Kier molecular flexibility index (Phi) is 3.93. The number of hydrogen-bond donors (Lipinski definition) is 0. The molecule has 0 unspecified atom stereocenters. The van der Waals surface area contributed by atoms with Gasteiger partial charge in [-0.25, -0.2) is 4.98 Å². The lowest BCUT2D eigenvalue weighted by Gasteiger charge is -2.01. The van der Waals surface area contributed by atoms with Crippen molar-refractivity contribution in [1.82, 2.24) is 4.98 Å². The van der Waals surface area contributed by atoms with Gasteiger partial charge in [-0.3, -0.25) is 0 Å². The van der Waals surface area contributed by atoms with Crippen LogP contribution in [0.1, 0.15) is 16.3 Å². The van der Waals surface area contributed by atoms with Gasteiger partial charge in [-0.05, 0) is 13.0 Å². The van der Waals surface area contributed by atoms with Gasteiger partial charge in [0, 0.05) is 27.8 Å². The Morgan fingerprint density at radius 2 is 2.18 bits per heavy atom. The van der Waals surface area contributed by atoms with Crippen molar-refractivity contribution in [2.24, 2.45) is 0 Å². The van der Waals surface area contributed by atoms with Gasteiger partial charge < -0.3 is 0 Å². The zero-order valence-corrected chi connectivity index (χ0v) is 11.8. The summed E-state index contributed by atoms with van der Waals surface area (Å²) < 4.78 is 1.06.